The Labute approximate surface area is 173 Å². The molecule has 7 nitrogen and oxygen atoms in total. The van der Waals surface area contributed by atoms with Gasteiger partial charge in [-0.15, -0.1) is 0 Å². The van der Waals surface area contributed by atoms with Crippen LogP contribution in [-0.4, -0.2) is 66.4 Å². The maximum absolute atomic E-state index is 11.9. The number of carboxylic acid groups (broad SMARTS) is 2. The van der Waals surface area contributed by atoms with Gasteiger partial charge in [0.05, 0.1) is 34.0 Å². The Balaban J connectivity index is 4.01. The van der Waals surface area contributed by atoms with Crippen molar-refractivity contribution in [1.82, 2.24) is 0 Å². The number of carboxylic acids is 2. The average molecular weight is 411 g/mol. The number of unbranched alkanes of at least 4 members (excludes halogenated alkanes) is 4. The van der Waals surface area contributed by atoms with Gasteiger partial charge in [-0.2, -0.15) is 0 Å². The van der Waals surface area contributed by atoms with E-state index in [-0.39, 0.29) is 19.3 Å². The molecule has 7 heteroatoms. The lowest BCUT2D eigenvalue weighted by molar-refractivity contribution is -0.873. The summed E-state index contributed by atoms with van der Waals surface area (Å²) in [6.45, 7) is 0.437. The van der Waals surface area contributed by atoms with Crippen molar-refractivity contribution in [2.75, 3.05) is 27.7 Å². The molecule has 0 aliphatic carbocycles. The van der Waals surface area contributed by atoms with E-state index in [0.29, 0.717) is 11.0 Å². The highest BCUT2D eigenvalue weighted by Crippen LogP contribution is 2.07. The van der Waals surface area contributed by atoms with Gasteiger partial charge in [-0.25, -0.2) is 0 Å². The Kier molecular flexibility index (Phi) is 14.2. The van der Waals surface area contributed by atoms with Crippen LogP contribution in [0.25, 0.3) is 0 Å². The highest BCUT2D eigenvalue weighted by atomic mass is 16.5. The minimum absolute atomic E-state index is 0.0949. The highest BCUT2D eigenvalue weighted by Gasteiger charge is 2.24. The van der Waals surface area contributed by atoms with E-state index in [9.17, 15) is 14.4 Å². The van der Waals surface area contributed by atoms with Crippen LogP contribution in [0.5, 0.6) is 0 Å². The van der Waals surface area contributed by atoms with Crippen molar-refractivity contribution in [2.45, 2.75) is 57.5 Å². The number of quaternary nitrogens is 1. The van der Waals surface area contributed by atoms with Gasteiger partial charge in [-0.05, 0) is 19.3 Å². The zero-order valence-electron chi connectivity index (χ0n) is 17.9. The zero-order valence-corrected chi connectivity index (χ0v) is 17.9. The quantitative estimate of drug-likeness (QED) is 0.175. The summed E-state index contributed by atoms with van der Waals surface area (Å²) in [6.07, 6.45) is 15.3. The summed E-state index contributed by atoms with van der Waals surface area (Å²) in [5.74, 6) is -2.16. The zero-order chi connectivity index (χ0) is 22.1. The first-order chi connectivity index (χ1) is 13.6. The predicted molar refractivity (Wildman–Crippen MR) is 112 cm³/mol. The minimum atomic E-state index is -0.984. The Hall–Kier alpha value is -2.41. The first-order valence-electron chi connectivity index (χ1n) is 10.0. The van der Waals surface area contributed by atoms with Gasteiger partial charge >= 0.3 is 17.9 Å². The smallest absolute Gasteiger partial charge is 0.310 e. The van der Waals surface area contributed by atoms with Crippen molar-refractivity contribution in [1.29, 1.82) is 0 Å². The molecule has 0 aromatic rings. The molecular weight excluding hydrogens is 374 g/mol. The minimum Gasteiger partial charge on any atom is -0.481 e. The molecule has 29 heavy (non-hydrogen) atoms. The molecule has 0 aliphatic rings. The summed E-state index contributed by atoms with van der Waals surface area (Å²) >= 11 is 0. The SMILES string of the molecule is C[N+](C)(C)CC(CC(=O)O)OC(=O)C/C=C/C=C/C=C/CCCCCCC(=O)O. The van der Waals surface area contributed by atoms with Crippen LogP contribution in [0.2, 0.25) is 0 Å². The van der Waals surface area contributed by atoms with Crippen molar-refractivity contribution in [3.8, 4) is 0 Å². The summed E-state index contributed by atoms with van der Waals surface area (Å²) < 4.78 is 5.81. The van der Waals surface area contributed by atoms with Crippen LogP contribution in [0.1, 0.15) is 51.4 Å². The maximum atomic E-state index is 11.9. The van der Waals surface area contributed by atoms with E-state index in [0.717, 1.165) is 32.1 Å². The van der Waals surface area contributed by atoms with Crippen molar-refractivity contribution in [2.24, 2.45) is 0 Å². The van der Waals surface area contributed by atoms with Crippen molar-refractivity contribution < 1.29 is 33.8 Å². The van der Waals surface area contributed by atoms with E-state index >= 15 is 0 Å². The summed E-state index contributed by atoms with van der Waals surface area (Å²) in [5, 5.41) is 17.5. The van der Waals surface area contributed by atoms with Crippen LogP contribution < -0.4 is 0 Å². The molecule has 0 fully saturated rings. The van der Waals surface area contributed by atoms with E-state index in [1.54, 1.807) is 12.2 Å². The topological polar surface area (TPSA) is 101 Å². The third-order valence-corrected chi connectivity index (χ3v) is 3.85. The molecule has 0 aromatic heterocycles. The predicted octanol–water partition coefficient (Wildman–Crippen LogP) is 3.56. The molecule has 0 saturated heterocycles. The van der Waals surface area contributed by atoms with E-state index in [2.05, 4.69) is 6.08 Å². The lowest BCUT2D eigenvalue weighted by Gasteiger charge is -2.28. The van der Waals surface area contributed by atoms with E-state index in [1.807, 2.05) is 39.4 Å². The number of rotatable bonds is 16. The maximum Gasteiger partial charge on any atom is 0.310 e. The van der Waals surface area contributed by atoms with E-state index in [1.165, 1.54) is 0 Å². The number of hydrogen-bond acceptors (Lipinski definition) is 4. The van der Waals surface area contributed by atoms with Gasteiger partial charge in [-0.1, -0.05) is 49.3 Å². The molecule has 0 bridgehead atoms. The van der Waals surface area contributed by atoms with Gasteiger partial charge < -0.3 is 19.4 Å². The fraction of sp³-hybridized carbons (Fsp3) is 0.591. The van der Waals surface area contributed by atoms with Gasteiger partial charge in [-0.3, -0.25) is 14.4 Å². The van der Waals surface area contributed by atoms with Crippen LogP contribution in [0.15, 0.2) is 36.5 Å². The van der Waals surface area contributed by atoms with Crippen LogP contribution in [-0.2, 0) is 19.1 Å². The number of allylic oxidation sites excluding steroid dienone is 5. The first-order valence-corrected chi connectivity index (χ1v) is 10.0. The molecule has 0 radical (unpaired) electrons. The van der Waals surface area contributed by atoms with E-state index < -0.39 is 24.0 Å². The van der Waals surface area contributed by atoms with Gasteiger partial charge in [0.15, 0.2) is 6.10 Å². The summed E-state index contributed by atoms with van der Waals surface area (Å²) in [6, 6.07) is 0. The fourth-order valence-electron chi connectivity index (χ4n) is 2.62. The number of likely N-dealkylation sites (N-methyl/N-ethyl adjacent to an activating group) is 1. The third-order valence-electron chi connectivity index (χ3n) is 3.85. The standard InChI is InChI=1S/C22H35NO6/c1-23(2,3)18-19(17-21(26)27)29-22(28)16-14-12-10-8-6-4-5-7-9-11-13-15-20(24)25/h4,6,8,10,12,14,19H,5,7,9,11,13,15-18H2,1-3H3,(H-,24,25,26,27)/p+1/b6-4+,10-8+,14-12+. The van der Waals surface area contributed by atoms with Gasteiger partial charge in [0.25, 0.3) is 0 Å². The fourth-order valence-corrected chi connectivity index (χ4v) is 2.62. The van der Waals surface area contributed by atoms with Crippen molar-refractivity contribution in [3.63, 3.8) is 0 Å². The molecule has 0 amide bonds. The lowest BCUT2D eigenvalue weighted by atomic mass is 10.1. The molecule has 2 N–H and O–H groups in total. The number of nitrogens with zero attached hydrogens (tertiary/aromatic N) is 1. The largest absolute Gasteiger partial charge is 0.481 e. The van der Waals surface area contributed by atoms with Crippen LogP contribution in [0.3, 0.4) is 0 Å². The Bertz CT molecular complexity index is 587. The van der Waals surface area contributed by atoms with E-state index in [4.69, 9.17) is 14.9 Å². The number of ether oxygens (including phenoxy) is 1. The van der Waals surface area contributed by atoms with Crippen molar-refractivity contribution >= 4 is 17.9 Å². The first kappa shape index (κ1) is 26.6. The molecule has 0 spiro atoms. The number of hydrogen-bond donors (Lipinski definition) is 2. The average Bonchev–Trinajstić information content (AvgIpc) is 2.56. The van der Waals surface area contributed by atoms with Crippen molar-refractivity contribution in [3.05, 3.63) is 36.5 Å². The molecule has 0 aliphatic heterocycles. The van der Waals surface area contributed by atoms with Crippen LogP contribution in [0.4, 0.5) is 0 Å². The van der Waals surface area contributed by atoms with Gasteiger partial charge in [0.1, 0.15) is 6.54 Å². The molecule has 0 heterocycles. The number of carbonyl (C=O) groups excluding carboxylic acids is 1. The Morgan fingerprint density at radius 1 is 0.862 bits per heavy atom. The number of aliphatic carboxylic acids is 2. The summed E-state index contributed by atoms with van der Waals surface area (Å²) in [5.41, 5.74) is 0. The second kappa shape index (κ2) is 15.5. The molecule has 0 rings (SSSR count). The van der Waals surface area contributed by atoms with Gasteiger partial charge in [0, 0.05) is 6.42 Å². The second-order valence-corrected chi connectivity index (χ2v) is 7.97. The second-order valence-electron chi connectivity index (χ2n) is 7.97. The normalized spacial score (nSPS) is 13.3. The third kappa shape index (κ3) is 20.1. The summed E-state index contributed by atoms with van der Waals surface area (Å²) in [4.78, 5) is 33.2. The molecule has 164 valence electrons. The van der Waals surface area contributed by atoms with Crippen LogP contribution in [0, 0.1) is 0 Å². The highest BCUT2D eigenvalue weighted by molar-refractivity contribution is 5.72. The van der Waals surface area contributed by atoms with Crippen LogP contribution >= 0.6 is 0 Å². The lowest BCUT2D eigenvalue weighted by Crippen LogP contribution is -2.43. The monoisotopic (exact) mass is 410 g/mol. The molecule has 0 aromatic carbocycles. The summed E-state index contributed by atoms with van der Waals surface area (Å²) in [7, 11) is 5.75. The number of esters is 1. The molecular formula is C22H36NO6+. The number of carbonyl (C=O) groups is 3. The van der Waals surface area contributed by atoms with Gasteiger partial charge in [0.2, 0.25) is 0 Å². The Morgan fingerprint density at radius 3 is 2.07 bits per heavy atom. The molecule has 1 unspecified atom stereocenters. The molecule has 1 atom stereocenters. The molecule has 0 saturated carbocycles. The Morgan fingerprint density at radius 2 is 1.48 bits per heavy atom.